The van der Waals surface area contributed by atoms with E-state index in [1.54, 1.807) is 0 Å². The summed E-state index contributed by atoms with van der Waals surface area (Å²) in [6.45, 7) is 3.60. The Morgan fingerprint density at radius 2 is 1.66 bits per heavy atom. The molecule has 0 saturated carbocycles. The second-order valence-corrected chi connectivity index (χ2v) is 8.86. The fraction of sp³-hybridized carbons (Fsp3) is 0.385. The molecule has 3 aromatic rings. The van der Waals surface area contributed by atoms with Crippen LogP contribution in [0.5, 0.6) is 0 Å². The molecule has 0 atom stereocenters. The minimum absolute atomic E-state index is 0.0467. The molecule has 2 aliphatic heterocycles. The van der Waals surface area contributed by atoms with Crippen molar-refractivity contribution in [1.82, 2.24) is 9.88 Å². The summed E-state index contributed by atoms with van der Waals surface area (Å²) in [5.74, 6) is 0.652. The average Bonchev–Trinajstić information content (AvgIpc) is 3.38. The fourth-order valence-electron chi connectivity index (χ4n) is 4.95. The molecule has 2 aliphatic rings. The number of amides is 1. The number of hydrogen-bond donors (Lipinski definition) is 0. The molecule has 0 spiro atoms. The van der Waals surface area contributed by atoms with E-state index in [2.05, 4.69) is 9.80 Å². The Morgan fingerprint density at radius 3 is 2.38 bits per heavy atom. The third kappa shape index (κ3) is 4.01. The number of pyridine rings is 1. The molecule has 1 amide bonds. The SMILES string of the molecule is CN(C(=O)c1cc2ccccc2nc1N1CCCC1)C1CCN(c2ccc(F)cc2)CC1. The third-order valence-corrected chi connectivity index (χ3v) is 6.86. The van der Waals surface area contributed by atoms with E-state index in [0.29, 0.717) is 5.56 Å². The average molecular weight is 433 g/mol. The molecular formula is C26H29FN4O. The molecule has 166 valence electrons. The van der Waals surface area contributed by atoms with Gasteiger partial charge in [0.05, 0.1) is 11.1 Å². The Hall–Kier alpha value is -3.15. The van der Waals surface area contributed by atoms with E-state index in [-0.39, 0.29) is 17.8 Å². The van der Waals surface area contributed by atoms with Gasteiger partial charge in [-0.25, -0.2) is 9.37 Å². The van der Waals surface area contributed by atoms with Crippen molar-refractivity contribution >= 4 is 28.3 Å². The maximum absolute atomic E-state index is 13.7. The molecule has 0 unspecified atom stereocenters. The predicted octanol–water partition coefficient (Wildman–Crippen LogP) is 4.72. The summed E-state index contributed by atoms with van der Waals surface area (Å²) in [4.78, 5) is 25.0. The molecule has 6 heteroatoms. The Bertz CT molecular complexity index is 1100. The van der Waals surface area contributed by atoms with Crippen LogP contribution in [0.4, 0.5) is 15.9 Å². The molecule has 5 rings (SSSR count). The van der Waals surface area contributed by atoms with Gasteiger partial charge in [0, 0.05) is 50.3 Å². The topological polar surface area (TPSA) is 39.7 Å². The minimum Gasteiger partial charge on any atom is -0.371 e. The summed E-state index contributed by atoms with van der Waals surface area (Å²) in [5.41, 5.74) is 2.67. The largest absolute Gasteiger partial charge is 0.371 e. The van der Waals surface area contributed by atoms with Gasteiger partial charge in [0.15, 0.2) is 0 Å². The highest BCUT2D eigenvalue weighted by Crippen LogP contribution is 2.29. The van der Waals surface area contributed by atoms with Crippen molar-refractivity contribution in [3.05, 3.63) is 66.0 Å². The maximum Gasteiger partial charge on any atom is 0.257 e. The van der Waals surface area contributed by atoms with Crippen LogP contribution in [0.3, 0.4) is 0 Å². The van der Waals surface area contributed by atoms with Crippen molar-refractivity contribution in [3.8, 4) is 0 Å². The number of para-hydroxylation sites is 1. The van der Waals surface area contributed by atoms with E-state index >= 15 is 0 Å². The first-order chi connectivity index (χ1) is 15.6. The number of aromatic nitrogens is 1. The summed E-state index contributed by atoms with van der Waals surface area (Å²) < 4.78 is 13.2. The number of carbonyl (C=O) groups is 1. The number of benzene rings is 2. The van der Waals surface area contributed by atoms with Gasteiger partial charge in [-0.2, -0.15) is 0 Å². The Labute approximate surface area is 188 Å². The lowest BCUT2D eigenvalue weighted by molar-refractivity contribution is 0.0709. The van der Waals surface area contributed by atoms with E-state index in [1.165, 1.54) is 12.1 Å². The molecular weight excluding hydrogens is 403 g/mol. The van der Waals surface area contributed by atoms with Gasteiger partial charge < -0.3 is 14.7 Å². The van der Waals surface area contributed by atoms with Crippen LogP contribution in [-0.2, 0) is 0 Å². The number of rotatable bonds is 4. The summed E-state index contributed by atoms with van der Waals surface area (Å²) >= 11 is 0. The number of halogens is 1. The fourth-order valence-corrected chi connectivity index (χ4v) is 4.95. The van der Waals surface area contributed by atoms with Crippen molar-refractivity contribution in [2.75, 3.05) is 43.0 Å². The predicted molar refractivity (Wildman–Crippen MR) is 127 cm³/mol. The summed E-state index contributed by atoms with van der Waals surface area (Å²) in [6.07, 6.45) is 4.05. The van der Waals surface area contributed by atoms with Gasteiger partial charge in [-0.15, -0.1) is 0 Å². The highest BCUT2D eigenvalue weighted by molar-refractivity contribution is 6.02. The molecule has 0 aliphatic carbocycles. The van der Waals surface area contributed by atoms with Crippen LogP contribution in [0.2, 0.25) is 0 Å². The highest BCUT2D eigenvalue weighted by atomic mass is 19.1. The molecule has 2 fully saturated rings. The highest BCUT2D eigenvalue weighted by Gasteiger charge is 2.29. The van der Waals surface area contributed by atoms with E-state index in [9.17, 15) is 9.18 Å². The van der Waals surface area contributed by atoms with Crippen molar-refractivity contribution in [1.29, 1.82) is 0 Å². The van der Waals surface area contributed by atoms with E-state index in [4.69, 9.17) is 4.98 Å². The van der Waals surface area contributed by atoms with Crippen LogP contribution >= 0.6 is 0 Å². The van der Waals surface area contributed by atoms with Crippen molar-refractivity contribution in [2.45, 2.75) is 31.7 Å². The van der Waals surface area contributed by atoms with Crippen LogP contribution in [0.1, 0.15) is 36.0 Å². The lowest BCUT2D eigenvalue weighted by Crippen LogP contribution is -2.46. The molecule has 32 heavy (non-hydrogen) atoms. The quantitative estimate of drug-likeness (QED) is 0.598. The van der Waals surface area contributed by atoms with Crippen LogP contribution in [0.15, 0.2) is 54.6 Å². The Morgan fingerprint density at radius 1 is 0.969 bits per heavy atom. The first kappa shape index (κ1) is 20.7. The van der Waals surface area contributed by atoms with Gasteiger partial charge in [0.1, 0.15) is 11.6 Å². The number of anilines is 2. The van der Waals surface area contributed by atoms with Crippen LogP contribution in [-0.4, -0.2) is 55.1 Å². The lowest BCUT2D eigenvalue weighted by Gasteiger charge is -2.38. The number of carbonyl (C=O) groups excluding carboxylic acids is 1. The first-order valence-corrected chi connectivity index (χ1v) is 11.5. The Kier molecular flexibility index (Phi) is 5.68. The number of fused-ring (bicyclic) bond motifs is 1. The molecule has 5 nitrogen and oxygen atoms in total. The van der Waals surface area contributed by atoms with Gasteiger partial charge in [-0.05, 0) is 62.1 Å². The lowest BCUT2D eigenvalue weighted by atomic mass is 10.0. The monoisotopic (exact) mass is 432 g/mol. The van der Waals surface area contributed by atoms with Gasteiger partial charge in [-0.1, -0.05) is 18.2 Å². The van der Waals surface area contributed by atoms with E-state index in [0.717, 1.165) is 74.3 Å². The molecule has 3 heterocycles. The van der Waals surface area contributed by atoms with Crippen molar-refractivity contribution in [2.24, 2.45) is 0 Å². The number of nitrogens with zero attached hydrogens (tertiary/aromatic N) is 4. The summed E-state index contributed by atoms with van der Waals surface area (Å²) in [6, 6.07) is 16.9. The maximum atomic E-state index is 13.7. The standard InChI is InChI=1S/C26H29FN4O/c1-29(21-12-16-30(17-13-21)22-10-8-20(27)9-11-22)26(32)23-18-19-6-2-3-7-24(19)28-25(23)31-14-4-5-15-31/h2-3,6-11,18,21H,4-5,12-17H2,1H3. The number of piperidine rings is 1. The second kappa shape index (κ2) is 8.77. The van der Waals surface area contributed by atoms with Crippen molar-refractivity contribution in [3.63, 3.8) is 0 Å². The van der Waals surface area contributed by atoms with Gasteiger partial charge in [-0.3, -0.25) is 4.79 Å². The van der Waals surface area contributed by atoms with Crippen LogP contribution in [0.25, 0.3) is 10.9 Å². The first-order valence-electron chi connectivity index (χ1n) is 11.5. The molecule has 2 aromatic carbocycles. The van der Waals surface area contributed by atoms with Crippen LogP contribution in [0, 0.1) is 5.82 Å². The zero-order chi connectivity index (χ0) is 22.1. The Balaban J connectivity index is 1.35. The molecule has 2 saturated heterocycles. The number of hydrogen-bond acceptors (Lipinski definition) is 4. The normalized spacial score (nSPS) is 17.2. The molecule has 0 N–H and O–H groups in total. The van der Waals surface area contributed by atoms with Gasteiger partial charge in [0.25, 0.3) is 5.91 Å². The smallest absolute Gasteiger partial charge is 0.257 e. The van der Waals surface area contributed by atoms with E-state index < -0.39 is 0 Å². The van der Waals surface area contributed by atoms with Gasteiger partial charge >= 0.3 is 0 Å². The molecule has 0 radical (unpaired) electrons. The van der Waals surface area contributed by atoms with Crippen molar-refractivity contribution < 1.29 is 9.18 Å². The van der Waals surface area contributed by atoms with Gasteiger partial charge in [0.2, 0.25) is 0 Å². The zero-order valence-corrected chi connectivity index (χ0v) is 18.5. The summed E-state index contributed by atoms with van der Waals surface area (Å²) in [5, 5.41) is 0.998. The third-order valence-electron chi connectivity index (χ3n) is 6.86. The van der Waals surface area contributed by atoms with Crippen LogP contribution < -0.4 is 9.80 Å². The second-order valence-electron chi connectivity index (χ2n) is 8.86. The minimum atomic E-state index is -0.216. The van der Waals surface area contributed by atoms with E-state index in [1.807, 2.05) is 54.4 Å². The molecule has 0 bridgehead atoms. The zero-order valence-electron chi connectivity index (χ0n) is 18.5. The molecule has 1 aromatic heterocycles. The summed E-state index contributed by atoms with van der Waals surface area (Å²) in [7, 11) is 1.92.